The summed E-state index contributed by atoms with van der Waals surface area (Å²) >= 11 is 0. The summed E-state index contributed by atoms with van der Waals surface area (Å²) in [4.78, 5) is 5.08. The van der Waals surface area contributed by atoms with Crippen LogP contribution in [-0.2, 0) is 6.42 Å². The molecule has 5 heteroatoms. The molecule has 218 valence electrons. The third kappa shape index (κ3) is 4.47. The van der Waals surface area contributed by atoms with Crippen LogP contribution in [0.2, 0.25) is 0 Å². The van der Waals surface area contributed by atoms with Gasteiger partial charge in [0.1, 0.15) is 17.2 Å². The molecule has 1 aliphatic heterocycles. The Labute approximate surface area is 261 Å². The van der Waals surface area contributed by atoms with Gasteiger partial charge >= 0.3 is 0 Å². The van der Waals surface area contributed by atoms with E-state index in [4.69, 9.17) is 14.7 Å². The van der Waals surface area contributed by atoms with Gasteiger partial charge in [0.15, 0.2) is 0 Å². The number of aromatic nitrogens is 1. The van der Waals surface area contributed by atoms with Gasteiger partial charge in [0.25, 0.3) is 0 Å². The Balaban J connectivity index is 1.15. The Kier molecular flexibility index (Phi) is 6.17. The number of nitrogens with zero attached hydrogens (tertiary/aromatic N) is 3. The molecule has 3 heterocycles. The normalized spacial score (nSPS) is 18.1. The molecule has 1 N–H and O–H groups in total. The second-order valence-corrected chi connectivity index (χ2v) is 11.9. The van der Waals surface area contributed by atoms with Crippen LogP contribution in [-0.4, -0.2) is 10.4 Å². The Morgan fingerprint density at radius 3 is 2.31 bits per heavy atom. The molecule has 0 bridgehead atoms. The minimum Gasteiger partial charge on any atom is -0.613 e. The molecule has 2 aromatic heterocycles. The van der Waals surface area contributed by atoms with E-state index in [-0.39, 0.29) is 12.3 Å². The molecule has 2 unspecified atom stereocenters. The minimum atomic E-state index is -0.286. The van der Waals surface area contributed by atoms with E-state index in [9.17, 15) is 0 Å². The lowest BCUT2D eigenvalue weighted by atomic mass is 10.1. The van der Waals surface area contributed by atoms with Crippen molar-refractivity contribution in [3.05, 3.63) is 161 Å². The van der Waals surface area contributed by atoms with E-state index in [1.54, 1.807) is 0 Å². The van der Waals surface area contributed by atoms with E-state index in [0.717, 1.165) is 58.8 Å². The monoisotopic (exact) mass is 583 g/mol. The first kappa shape index (κ1) is 26.1. The molecule has 7 aromatic rings. The fourth-order valence-electron chi connectivity index (χ4n) is 6.87. The van der Waals surface area contributed by atoms with Crippen molar-refractivity contribution < 1.29 is 4.42 Å². The van der Waals surface area contributed by atoms with Gasteiger partial charge in [-0.1, -0.05) is 91.0 Å². The second kappa shape index (κ2) is 10.7. The zero-order chi connectivity index (χ0) is 29.7. The zero-order valence-corrected chi connectivity index (χ0v) is 24.7. The molecule has 2 atom stereocenters. The second-order valence-electron chi connectivity index (χ2n) is 11.9. The van der Waals surface area contributed by atoms with Crippen molar-refractivity contribution in [3.63, 3.8) is 0 Å². The van der Waals surface area contributed by atoms with Gasteiger partial charge in [-0.3, -0.25) is 4.99 Å². The molecule has 0 saturated carbocycles. The average molecular weight is 584 g/mol. The van der Waals surface area contributed by atoms with E-state index in [2.05, 4.69) is 119 Å². The molecular weight excluding hydrogens is 552 g/mol. The quantitative estimate of drug-likeness (QED) is 0.224. The zero-order valence-electron chi connectivity index (χ0n) is 24.7. The number of hydrogen-bond donors (Lipinski definition) is 1. The van der Waals surface area contributed by atoms with Crippen molar-refractivity contribution in [2.45, 2.75) is 31.6 Å². The van der Waals surface area contributed by atoms with Crippen molar-refractivity contribution in [2.75, 3.05) is 0 Å². The summed E-state index contributed by atoms with van der Waals surface area (Å²) in [5.41, 5.74) is 8.88. The molecule has 5 nitrogen and oxygen atoms in total. The first-order valence-electron chi connectivity index (χ1n) is 15.7. The van der Waals surface area contributed by atoms with Crippen molar-refractivity contribution >= 4 is 44.7 Å². The number of nitrogens with one attached hydrogen (secondary N) is 1. The van der Waals surface area contributed by atoms with E-state index >= 15 is 0 Å². The lowest BCUT2D eigenvalue weighted by Crippen LogP contribution is -2.34. The summed E-state index contributed by atoms with van der Waals surface area (Å²) in [6, 6.07) is 42.6. The molecule has 0 amide bonds. The maximum atomic E-state index is 6.42. The van der Waals surface area contributed by atoms with Crippen LogP contribution in [0.4, 0.5) is 0 Å². The predicted octanol–water partition coefficient (Wildman–Crippen LogP) is 10.0. The maximum Gasteiger partial charge on any atom is 0.135 e. The van der Waals surface area contributed by atoms with Crippen LogP contribution in [0.3, 0.4) is 0 Å². The van der Waals surface area contributed by atoms with Gasteiger partial charge in [-0.2, -0.15) is 0 Å². The fraction of sp³-hybridized carbons (Fsp3) is 0.125. The van der Waals surface area contributed by atoms with E-state index < -0.39 is 0 Å². The first-order chi connectivity index (χ1) is 22.3. The van der Waals surface area contributed by atoms with E-state index in [1.807, 2.05) is 24.3 Å². The molecule has 5 aromatic carbocycles. The average Bonchev–Trinajstić information content (AvgIpc) is 3.50. The van der Waals surface area contributed by atoms with Crippen molar-refractivity contribution in [1.82, 2.24) is 9.88 Å². The molecule has 45 heavy (non-hydrogen) atoms. The lowest BCUT2D eigenvalue weighted by molar-refractivity contribution is 0.541. The van der Waals surface area contributed by atoms with Gasteiger partial charge in [-0.15, -0.1) is 0 Å². The SMILES string of the molecule is C1=Cc2c(oc3cc4c5ccccc5n(-c5ccc(C6=NC(c7ccccc7)[N-]C(c7ccccc7)N6)cc5)c4cc23)CCC1. The summed E-state index contributed by atoms with van der Waals surface area (Å²) in [7, 11) is 0. The van der Waals surface area contributed by atoms with Crippen molar-refractivity contribution in [1.29, 1.82) is 0 Å². The highest BCUT2D eigenvalue weighted by Gasteiger charge is 2.20. The Morgan fingerprint density at radius 1 is 0.733 bits per heavy atom. The predicted molar refractivity (Wildman–Crippen MR) is 184 cm³/mol. The van der Waals surface area contributed by atoms with E-state index in [1.165, 1.54) is 32.8 Å². The highest BCUT2D eigenvalue weighted by Crippen LogP contribution is 2.39. The highest BCUT2D eigenvalue weighted by atomic mass is 16.3. The van der Waals surface area contributed by atoms with Crippen LogP contribution in [0.15, 0.2) is 137 Å². The number of aryl methyl sites for hydroxylation is 1. The fourth-order valence-corrected chi connectivity index (χ4v) is 6.87. The molecule has 1 aliphatic carbocycles. The summed E-state index contributed by atoms with van der Waals surface area (Å²) in [5.74, 6) is 1.94. The van der Waals surface area contributed by atoms with Gasteiger partial charge in [-0.05, 0) is 78.8 Å². The molecule has 2 aliphatic rings. The number of amidine groups is 1. The molecule has 0 spiro atoms. The van der Waals surface area contributed by atoms with Crippen LogP contribution in [0.5, 0.6) is 0 Å². The van der Waals surface area contributed by atoms with Gasteiger partial charge < -0.3 is 19.6 Å². The Bertz CT molecular complexity index is 2240. The number of allylic oxidation sites excluding steroid dienone is 1. The largest absolute Gasteiger partial charge is 0.613 e. The highest BCUT2D eigenvalue weighted by molar-refractivity contribution is 6.14. The molecule has 0 fully saturated rings. The molecule has 0 saturated heterocycles. The number of hydrogen-bond acceptors (Lipinski definition) is 3. The minimum absolute atomic E-state index is 0.192. The standard InChI is InChI=1S/C40H31N4O/c1-4-12-26(13-5-1)38-41-39(27-14-6-2-7-15-27)43-40(42-38)28-20-22-29(23-21-28)44-34-18-11-10-16-30(34)32-25-37-33(24-35(32)44)31-17-8-3-9-19-36(31)45-37/h1-2,4-8,10-18,20-25,38-39H,3,9,19H2,(H,42,43)/q-1. The third-order valence-corrected chi connectivity index (χ3v) is 9.08. The Hall–Kier alpha value is -5.39. The summed E-state index contributed by atoms with van der Waals surface area (Å²) in [6.45, 7) is 0. The number of para-hydroxylation sites is 1. The van der Waals surface area contributed by atoms with Gasteiger partial charge in [0.05, 0.1) is 11.0 Å². The van der Waals surface area contributed by atoms with Gasteiger partial charge in [0, 0.05) is 39.4 Å². The summed E-state index contributed by atoms with van der Waals surface area (Å²) < 4.78 is 8.79. The third-order valence-electron chi connectivity index (χ3n) is 9.08. The number of benzene rings is 5. The molecular formula is C40H31N4O-. The smallest absolute Gasteiger partial charge is 0.135 e. The number of fused-ring (bicyclic) bond motifs is 6. The van der Waals surface area contributed by atoms with Crippen LogP contribution in [0.25, 0.3) is 49.9 Å². The number of furan rings is 1. The van der Waals surface area contributed by atoms with Gasteiger partial charge in [-0.25, -0.2) is 0 Å². The molecule has 0 radical (unpaired) electrons. The number of rotatable bonds is 4. The number of aliphatic imine (C=N–C) groups is 1. The Morgan fingerprint density at radius 2 is 1.49 bits per heavy atom. The van der Waals surface area contributed by atoms with Crippen LogP contribution < -0.4 is 5.32 Å². The van der Waals surface area contributed by atoms with Crippen LogP contribution in [0, 0.1) is 0 Å². The van der Waals surface area contributed by atoms with E-state index in [0.29, 0.717) is 0 Å². The maximum absolute atomic E-state index is 6.42. The summed E-state index contributed by atoms with van der Waals surface area (Å²) in [5, 5.41) is 12.3. The molecule has 9 rings (SSSR count). The lowest BCUT2D eigenvalue weighted by Gasteiger charge is -2.44. The van der Waals surface area contributed by atoms with Crippen molar-refractivity contribution in [3.8, 4) is 5.69 Å². The van der Waals surface area contributed by atoms with Gasteiger partial charge in [0.2, 0.25) is 0 Å². The van der Waals surface area contributed by atoms with Crippen molar-refractivity contribution in [2.24, 2.45) is 4.99 Å². The van der Waals surface area contributed by atoms with Crippen LogP contribution >= 0.6 is 0 Å². The summed E-state index contributed by atoms with van der Waals surface area (Å²) in [6.07, 6.45) is 7.24. The first-order valence-corrected chi connectivity index (χ1v) is 15.7. The van der Waals surface area contributed by atoms with Crippen LogP contribution in [0.1, 0.15) is 53.2 Å². The topological polar surface area (TPSA) is 56.6 Å².